The molecule has 0 bridgehead atoms. The van der Waals surface area contributed by atoms with Crippen molar-refractivity contribution >= 4 is 0 Å². The first-order valence-electron chi connectivity index (χ1n) is 11.4. The molecule has 3 nitrogen and oxygen atoms in total. The van der Waals surface area contributed by atoms with Gasteiger partial charge in [0.05, 0.1) is 12.8 Å². The van der Waals surface area contributed by atoms with Gasteiger partial charge in [0.25, 0.3) is 0 Å². The lowest BCUT2D eigenvalue weighted by atomic mass is 10.0. The summed E-state index contributed by atoms with van der Waals surface area (Å²) in [6, 6.07) is 0. The van der Waals surface area contributed by atoms with Crippen molar-refractivity contribution in [2.24, 2.45) is 0 Å². The number of nitrogens with zero attached hydrogens (tertiary/aromatic N) is 2. The monoisotopic (exact) mass is 354 g/mol. The normalized spacial score (nSPS) is 19.1. The molecule has 1 fully saturated rings. The lowest BCUT2D eigenvalue weighted by Gasteiger charge is -2.29. The van der Waals surface area contributed by atoms with E-state index >= 15 is 0 Å². The van der Waals surface area contributed by atoms with Crippen molar-refractivity contribution in [3.05, 3.63) is 0 Å². The standard InChI is InChI=1S/C22H46N2O/c1-3-5-6-7-8-9-10-11-12-13-14-15-16-17-22-23(4-2)18-19-24(22)20-21-25/h22,25H,3-21H2,1-2H3. The van der Waals surface area contributed by atoms with Crippen molar-refractivity contribution in [3.8, 4) is 0 Å². The van der Waals surface area contributed by atoms with Crippen LogP contribution in [0, 0.1) is 0 Å². The van der Waals surface area contributed by atoms with Crippen LogP contribution in [0.2, 0.25) is 0 Å². The molecule has 25 heavy (non-hydrogen) atoms. The topological polar surface area (TPSA) is 26.7 Å². The highest BCUT2D eigenvalue weighted by Gasteiger charge is 2.29. The number of aliphatic hydroxyl groups is 1. The molecule has 1 aliphatic rings. The summed E-state index contributed by atoms with van der Waals surface area (Å²) in [6.07, 6.45) is 20.4. The van der Waals surface area contributed by atoms with Gasteiger partial charge in [0, 0.05) is 19.6 Å². The summed E-state index contributed by atoms with van der Waals surface area (Å²) in [5.74, 6) is 0. The summed E-state index contributed by atoms with van der Waals surface area (Å²) in [5.41, 5.74) is 0. The Morgan fingerprint density at radius 1 is 0.680 bits per heavy atom. The van der Waals surface area contributed by atoms with Crippen molar-refractivity contribution in [3.63, 3.8) is 0 Å². The lowest BCUT2D eigenvalue weighted by Crippen LogP contribution is -2.39. The molecule has 0 aromatic heterocycles. The van der Waals surface area contributed by atoms with Crippen LogP contribution in [0.4, 0.5) is 0 Å². The molecule has 1 N–H and O–H groups in total. The highest BCUT2D eigenvalue weighted by Crippen LogP contribution is 2.20. The zero-order valence-corrected chi connectivity index (χ0v) is 17.4. The number of rotatable bonds is 17. The van der Waals surface area contributed by atoms with Crippen LogP contribution < -0.4 is 0 Å². The minimum absolute atomic E-state index is 0.298. The maximum atomic E-state index is 9.23. The van der Waals surface area contributed by atoms with Gasteiger partial charge in [-0.1, -0.05) is 97.3 Å². The van der Waals surface area contributed by atoms with Gasteiger partial charge in [0.1, 0.15) is 0 Å². The first kappa shape index (κ1) is 22.9. The van der Waals surface area contributed by atoms with Crippen molar-refractivity contribution in [1.29, 1.82) is 0 Å². The molecule has 1 atom stereocenters. The SMILES string of the molecule is CCCCCCCCCCCCCCCC1N(CC)CCN1CCO. The number of aliphatic hydroxyl groups excluding tert-OH is 1. The fourth-order valence-corrected chi connectivity index (χ4v) is 4.25. The molecular formula is C22H46N2O. The van der Waals surface area contributed by atoms with Gasteiger partial charge in [-0.05, 0) is 13.0 Å². The zero-order chi connectivity index (χ0) is 18.2. The Labute approximate surface area is 158 Å². The van der Waals surface area contributed by atoms with Gasteiger partial charge in [-0.2, -0.15) is 0 Å². The Morgan fingerprint density at radius 3 is 1.64 bits per heavy atom. The second kappa shape index (κ2) is 16.1. The highest BCUT2D eigenvalue weighted by atomic mass is 16.3. The van der Waals surface area contributed by atoms with Crippen molar-refractivity contribution in [2.75, 3.05) is 32.8 Å². The summed E-state index contributed by atoms with van der Waals surface area (Å²) < 4.78 is 0. The molecule has 0 aromatic rings. The molecule has 1 heterocycles. The van der Waals surface area contributed by atoms with Crippen LogP contribution in [-0.2, 0) is 0 Å². The number of likely N-dealkylation sites (N-methyl/N-ethyl adjacent to an activating group) is 1. The molecular weight excluding hydrogens is 308 g/mol. The van der Waals surface area contributed by atoms with E-state index in [1.165, 1.54) is 96.4 Å². The third-order valence-electron chi connectivity index (χ3n) is 5.88. The van der Waals surface area contributed by atoms with Crippen molar-refractivity contribution in [1.82, 2.24) is 9.80 Å². The van der Waals surface area contributed by atoms with Gasteiger partial charge in [-0.25, -0.2) is 0 Å². The van der Waals surface area contributed by atoms with E-state index in [2.05, 4.69) is 23.6 Å². The first-order valence-corrected chi connectivity index (χ1v) is 11.4. The largest absolute Gasteiger partial charge is 0.395 e. The molecule has 0 saturated carbocycles. The quantitative estimate of drug-likeness (QED) is 0.353. The molecule has 0 aliphatic carbocycles. The third kappa shape index (κ3) is 10.6. The van der Waals surface area contributed by atoms with Crippen LogP contribution in [0.5, 0.6) is 0 Å². The maximum Gasteiger partial charge on any atom is 0.0624 e. The molecule has 150 valence electrons. The number of hydrogen-bond donors (Lipinski definition) is 1. The molecule has 1 aliphatic heterocycles. The van der Waals surface area contributed by atoms with E-state index < -0.39 is 0 Å². The fourth-order valence-electron chi connectivity index (χ4n) is 4.25. The van der Waals surface area contributed by atoms with E-state index in [0.29, 0.717) is 12.8 Å². The molecule has 1 rings (SSSR count). The predicted molar refractivity (Wildman–Crippen MR) is 110 cm³/mol. The average molecular weight is 355 g/mol. The van der Waals surface area contributed by atoms with Crippen LogP contribution in [0.3, 0.4) is 0 Å². The Balaban J connectivity index is 1.90. The van der Waals surface area contributed by atoms with E-state index in [1.54, 1.807) is 0 Å². The van der Waals surface area contributed by atoms with Gasteiger partial charge in [-0.3, -0.25) is 9.80 Å². The smallest absolute Gasteiger partial charge is 0.0624 e. The van der Waals surface area contributed by atoms with Gasteiger partial charge >= 0.3 is 0 Å². The molecule has 1 unspecified atom stereocenters. The number of β-amino-alcohol motifs (C(OH)–C–C–N with tert-alkyl or cyclic N) is 1. The highest BCUT2D eigenvalue weighted by molar-refractivity contribution is 4.80. The lowest BCUT2D eigenvalue weighted by molar-refractivity contribution is 0.108. The number of unbranched alkanes of at least 4 members (excludes halogenated alkanes) is 12. The predicted octanol–water partition coefficient (Wildman–Crippen LogP) is 5.42. The van der Waals surface area contributed by atoms with E-state index in [1.807, 2.05) is 0 Å². The van der Waals surface area contributed by atoms with E-state index in [0.717, 1.165) is 19.6 Å². The Hall–Kier alpha value is -0.120. The number of hydrogen-bond acceptors (Lipinski definition) is 3. The fraction of sp³-hybridized carbons (Fsp3) is 1.00. The van der Waals surface area contributed by atoms with Crippen LogP contribution in [-0.4, -0.2) is 53.9 Å². The van der Waals surface area contributed by atoms with Gasteiger partial charge in [-0.15, -0.1) is 0 Å². The molecule has 0 aromatic carbocycles. The average Bonchev–Trinajstić information content (AvgIpc) is 3.01. The van der Waals surface area contributed by atoms with Gasteiger partial charge in [0.15, 0.2) is 0 Å². The Morgan fingerprint density at radius 2 is 1.16 bits per heavy atom. The molecule has 1 saturated heterocycles. The molecule has 0 radical (unpaired) electrons. The van der Waals surface area contributed by atoms with Gasteiger partial charge in [0.2, 0.25) is 0 Å². The minimum atomic E-state index is 0.298. The van der Waals surface area contributed by atoms with Gasteiger partial charge < -0.3 is 5.11 Å². The summed E-state index contributed by atoms with van der Waals surface area (Å²) in [6.45, 7) is 9.16. The maximum absolute atomic E-state index is 9.23. The third-order valence-corrected chi connectivity index (χ3v) is 5.88. The van der Waals surface area contributed by atoms with E-state index in [-0.39, 0.29) is 0 Å². The minimum Gasteiger partial charge on any atom is -0.395 e. The van der Waals surface area contributed by atoms with Crippen LogP contribution in [0.1, 0.15) is 104 Å². The summed E-state index contributed by atoms with van der Waals surface area (Å²) >= 11 is 0. The second-order valence-electron chi connectivity index (χ2n) is 7.90. The second-order valence-corrected chi connectivity index (χ2v) is 7.90. The molecule has 3 heteroatoms. The summed E-state index contributed by atoms with van der Waals surface area (Å²) in [5, 5.41) is 9.23. The Bertz CT molecular complexity index is 285. The molecule has 0 amide bonds. The van der Waals surface area contributed by atoms with Crippen LogP contribution in [0.15, 0.2) is 0 Å². The van der Waals surface area contributed by atoms with Crippen molar-refractivity contribution < 1.29 is 5.11 Å². The first-order chi connectivity index (χ1) is 12.3. The van der Waals surface area contributed by atoms with Crippen molar-refractivity contribution in [2.45, 2.75) is 110 Å². The molecule has 0 spiro atoms. The van der Waals surface area contributed by atoms with E-state index in [4.69, 9.17) is 0 Å². The zero-order valence-electron chi connectivity index (χ0n) is 17.4. The Kier molecular flexibility index (Phi) is 14.7. The van der Waals surface area contributed by atoms with E-state index in [9.17, 15) is 5.11 Å². The summed E-state index contributed by atoms with van der Waals surface area (Å²) in [4.78, 5) is 5.06. The van der Waals surface area contributed by atoms with Crippen LogP contribution in [0.25, 0.3) is 0 Å². The van der Waals surface area contributed by atoms with Crippen LogP contribution >= 0.6 is 0 Å². The summed E-state index contributed by atoms with van der Waals surface area (Å²) in [7, 11) is 0.